The van der Waals surface area contributed by atoms with Crippen molar-refractivity contribution in [3.8, 4) is 5.75 Å². The Morgan fingerprint density at radius 3 is 3.06 bits per heavy atom. The second-order valence-electron chi connectivity index (χ2n) is 3.32. The lowest BCUT2D eigenvalue weighted by atomic mass is 10.2. The molecule has 0 atom stereocenters. The molecule has 0 aliphatic rings. The monoisotopic (exact) mass is 310 g/mol. The SMILES string of the molecule is COc1ccc(Br)cc1/C=N/Nc1nncn1N. The first kappa shape index (κ1) is 12.4. The molecule has 18 heavy (non-hydrogen) atoms. The number of methoxy groups -OCH3 is 1. The number of nitrogens with zero attached hydrogens (tertiary/aromatic N) is 4. The molecule has 0 aliphatic carbocycles. The van der Waals surface area contributed by atoms with Gasteiger partial charge in [-0.15, -0.1) is 10.2 Å². The first-order valence-electron chi connectivity index (χ1n) is 4.98. The average molecular weight is 311 g/mol. The Labute approximate surface area is 112 Å². The van der Waals surface area contributed by atoms with Crippen molar-refractivity contribution >= 4 is 28.1 Å². The Morgan fingerprint density at radius 1 is 1.56 bits per heavy atom. The molecule has 0 saturated carbocycles. The van der Waals surface area contributed by atoms with E-state index in [1.54, 1.807) is 13.3 Å². The van der Waals surface area contributed by atoms with Crippen LogP contribution in [0.4, 0.5) is 5.95 Å². The summed E-state index contributed by atoms with van der Waals surface area (Å²) in [7, 11) is 1.60. The van der Waals surface area contributed by atoms with E-state index in [0.29, 0.717) is 5.95 Å². The topological polar surface area (TPSA) is 90.3 Å². The van der Waals surface area contributed by atoms with E-state index in [2.05, 4.69) is 36.7 Å². The highest BCUT2D eigenvalue weighted by molar-refractivity contribution is 9.10. The number of benzene rings is 1. The van der Waals surface area contributed by atoms with Gasteiger partial charge in [-0.3, -0.25) is 0 Å². The highest BCUT2D eigenvalue weighted by Crippen LogP contribution is 2.21. The molecular weight excluding hydrogens is 300 g/mol. The largest absolute Gasteiger partial charge is 0.496 e. The number of nitrogen functional groups attached to an aromatic ring is 1. The number of nitrogens with two attached hydrogens (primary N) is 1. The van der Waals surface area contributed by atoms with Crippen LogP contribution >= 0.6 is 15.9 Å². The summed E-state index contributed by atoms with van der Waals surface area (Å²) in [6.45, 7) is 0. The normalized spacial score (nSPS) is 10.8. The molecular formula is C10H11BrN6O. The lowest BCUT2D eigenvalue weighted by molar-refractivity contribution is 0.414. The Morgan fingerprint density at radius 2 is 2.39 bits per heavy atom. The Balaban J connectivity index is 2.13. The van der Waals surface area contributed by atoms with Crippen LogP contribution in [0.25, 0.3) is 0 Å². The predicted octanol–water partition coefficient (Wildman–Crippen LogP) is 1.21. The molecule has 0 fully saturated rings. The minimum atomic E-state index is 0.347. The predicted molar refractivity (Wildman–Crippen MR) is 72.1 cm³/mol. The molecule has 0 unspecified atom stereocenters. The van der Waals surface area contributed by atoms with Gasteiger partial charge in [-0.25, -0.2) is 10.1 Å². The van der Waals surface area contributed by atoms with Gasteiger partial charge < -0.3 is 10.6 Å². The second kappa shape index (κ2) is 5.50. The lowest BCUT2D eigenvalue weighted by Gasteiger charge is -2.04. The van der Waals surface area contributed by atoms with E-state index in [-0.39, 0.29) is 0 Å². The molecule has 7 nitrogen and oxygen atoms in total. The van der Waals surface area contributed by atoms with Crippen molar-refractivity contribution in [3.05, 3.63) is 34.6 Å². The summed E-state index contributed by atoms with van der Waals surface area (Å²) in [5.41, 5.74) is 3.50. The van der Waals surface area contributed by atoms with Crippen molar-refractivity contribution < 1.29 is 4.74 Å². The molecule has 1 heterocycles. The van der Waals surface area contributed by atoms with Gasteiger partial charge in [0.15, 0.2) is 0 Å². The first-order chi connectivity index (χ1) is 8.70. The van der Waals surface area contributed by atoms with Gasteiger partial charge in [0, 0.05) is 10.0 Å². The maximum Gasteiger partial charge on any atom is 0.263 e. The fraction of sp³-hybridized carbons (Fsp3) is 0.100. The summed E-state index contributed by atoms with van der Waals surface area (Å²) >= 11 is 3.38. The van der Waals surface area contributed by atoms with Crippen molar-refractivity contribution in [2.75, 3.05) is 18.4 Å². The Kier molecular flexibility index (Phi) is 3.78. The zero-order chi connectivity index (χ0) is 13.0. The van der Waals surface area contributed by atoms with Crippen LogP contribution in [0.3, 0.4) is 0 Å². The van der Waals surface area contributed by atoms with E-state index in [0.717, 1.165) is 15.8 Å². The number of aromatic nitrogens is 3. The number of rotatable bonds is 4. The van der Waals surface area contributed by atoms with Gasteiger partial charge in [-0.1, -0.05) is 15.9 Å². The van der Waals surface area contributed by atoms with E-state index in [9.17, 15) is 0 Å². The number of hydrogen-bond acceptors (Lipinski definition) is 6. The summed E-state index contributed by atoms with van der Waals surface area (Å²) < 4.78 is 7.38. The maximum atomic E-state index is 5.52. The second-order valence-corrected chi connectivity index (χ2v) is 4.23. The van der Waals surface area contributed by atoms with Crippen LogP contribution < -0.4 is 16.0 Å². The molecule has 0 amide bonds. The van der Waals surface area contributed by atoms with Crippen LogP contribution in [0.2, 0.25) is 0 Å². The quantitative estimate of drug-likeness (QED) is 0.503. The standard InChI is InChI=1S/C10H11BrN6O/c1-18-9-3-2-8(11)4-7(9)5-13-15-10-16-14-6-17(10)12/h2-6H,12H2,1H3,(H,15,16)/b13-5+. The summed E-state index contributed by atoms with van der Waals surface area (Å²) in [4.78, 5) is 0. The highest BCUT2D eigenvalue weighted by Gasteiger charge is 2.01. The summed E-state index contributed by atoms with van der Waals surface area (Å²) in [5, 5.41) is 11.4. The molecule has 0 saturated heterocycles. The molecule has 94 valence electrons. The van der Waals surface area contributed by atoms with Crippen LogP contribution in [0.5, 0.6) is 5.75 Å². The van der Waals surface area contributed by atoms with Gasteiger partial charge in [-0.2, -0.15) is 5.10 Å². The third-order valence-electron chi connectivity index (χ3n) is 2.13. The Bertz CT molecular complexity index is 567. The Hall–Kier alpha value is -2.09. The van der Waals surface area contributed by atoms with E-state index >= 15 is 0 Å². The summed E-state index contributed by atoms with van der Waals surface area (Å²) in [5.74, 6) is 6.59. The van der Waals surface area contributed by atoms with Gasteiger partial charge in [0.25, 0.3) is 5.95 Å². The van der Waals surface area contributed by atoms with Crippen LogP contribution in [-0.4, -0.2) is 28.2 Å². The molecule has 1 aromatic heterocycles. The van der Waals surface area contributed by atoms with Gasteiger partial charge >= 0.3 is 0 Å². The molecule has 0 aliphatic heterocycles. The zero-order valence-electron chi connectivity index (χ0n) is 9.54. The van der Waals surface area contributed by atoms with Crippen LogP contribution in [-0.2, 0) is 0 Å². The number of halogens is 1. The molecule has 2 rings (SSSR count). The number of hydrogen-bond donors (Lipinski definition) is 2. The van der Waals surface area contributed by atoms with Gasteiger partial charge in [-0.05, 0) is 18.2 Å². The van der Waals surface area contributed by atoms with Crippen LogP contribution in [0.1, 0.15) is 5.56 Å². The van der Waals surface area contributed by atoms with E-state index < -0.39 is 0 Å². The molecule has 3 N–H and O–H groups in total. The molecule has 0 bridgehead atoms. The zero-order valence-corrected chi connectivity index (χ0v) is 11.1. The van der Waals surface area contributed by atoms with Crippen LogP contribution in [0, 0.1) is 0 Å². The minimum Gasteiger partial charge on any atom is -0.496 e. The number of hydrazone groups is 1. The molecule has 0 spiro atoms. The maximum absolute atomic E-state index is 5.52. The van der Waals surface area contributed by atoms with Gasteiger partial charge in [0.2, 0.25) is 0 Å². The van der Waals surface area contributed by atoms with Crippen molar-refractivity contribution in [1.29, 1.82) is 0 Å². The fourth-order valence-corrected chi connectivity index (χ4v) is 1.67. The van der Waals surface area contributed by atoms with Crippen molar-refractivity contribution in [2.24, 2.45) is 5.10 Å². The van der Waals surface area contributed by atoms with Gasteiger partial charge in [0.05, 0.1) is 13.3 Å². The smallest absolute Gasteiger partial charge is 0.263 e. The first-order valence-corrected chi connectivity index (χ1v) is 5.77. The number of anilines is 1. The average Bonchev–Trinajstić information content (AvgIpc) is 2.76. The molecule has 2 aromatic rings. The minimum absolute atomic E-state index is 0.347. The van der Waals surface area contributed by atoms with E-state index in [1.807, 2.05) is 18.2 Å². The number of nitrogens with one attached hydrogen (secondary N) is 1. The highest BCUT2D eigenvalue weighted by atomic mass is 79.9. The molecule has 8 heteroatoms. The van der Waals surface area contributed by atoms with Crippen molar-refractivity contribution in [3.63, 3.8) is 0 Å². The fourth-order valence-electron chi connectivity index (χ4n) is 1.29. The summed E-state index contributed by atoms with van der Waals surface area (Å²) in [6.07, 6.45) is 2.98. The van der Waals surface area contributed by atoms with Gasteiger partial charge in [0.1, 0.15) is 12.1 Å². The van der Waals surface area contributed by atoms with Crippen LogP contribution in [0.15, 0.2) is 34.1 Å². The van der Waals surface area contributed by atoms with E-state index in [4.69, 9.17) is 10.6 Å². The van der Waals surface area contributed by atoms with Crippen molar-refractivity contribution in [1.82, 2.24) is 14.9 Å². The third-order valence-corrected chi connectivity index (χ3v) is 2.63. The van der Waals surface area contributed by atoms with E-state index in [1.165, 1.54) is 11.0 Å². The lowest BCUT2D eigenvalue weighted by Crippen LogP contribution is -2.10. The summed E-state index contributed by atoms with van der Waals surface area (Å²) in [6, 6.07) is 5.62. The number of ether oxygens (including phenoxy) is 1. The molecule has 1 aromatic carbocycles. The third kappa shape index (κ3) is 2.77. The van der Waals surface area contributed by atoms with Crippen molar-refractivity contribution in [2.45, 2.75) is 0 Å². The molecule has 0 radical (unpaired) electrons.